The normalized spacial score (nSPS) is 21.3. The van der Waals surface area contributed by atoms with Gasteiger partial charge in [0.05, 0.1) is 23.2 Å². The lowest BCUT2D eigenvalue weighted by atomic mass is 10.1. The number of unbranched alkanes of at least 4 members (excludes halogenated alkanes) is 3. The van der Waals surface area contributed by atoms with Gasteiger partial charge in [0.1, 0.15) is 5.82 Å². The van der Waals surface area contributed by atoms with Gasteiger partial charge >= 0.3 is 0 Å². The molecule has 0 radical (unpaired) electrons. The Morgan fingerprint density at radius 3 is 2.58 bits per heavy atom. The highest BCUT2D eigenvalue weighted by atomic mass is 35.5. The van der Waals surface area contributed by atoms with Crippen LogP contribution in [-0.4, -0.2) is 42.2 Å². The minimum absolute atomic E-state index is 0. The zero-order chi connectivity index (χ0) is 17.9. The number of nitrogens with one attached hydrogen (secondary N) is 1. The van der Waals surface area contributed by atoms with Gasteiger partial charge in [0, 0.05) is 18.4 Å². The van der Waals surface area contributed by atoms with E-state index >= 15 is 0 Å². The zero-order valence-corrected chi connectivity index (χ0v) is 16.7. The van der Waals surface area contributed by atoms with Crippen LogP contribution < -0.4 is 11.1 Å². The SMILES string of the molecule is Cl.NCCCCCCC(=O)Nc1cc(C2CC2)nn1C1CCS(=O)(=O)C1. The number of nitrogens with zero attached hydrogens (tertiary/aromatic N) is 2. The fourth-order valence-corrected chi connectivity index (χ4v) is 5.01. The third-order valence-electron chi connectivity index (χ3n) is 4.93. The second-order valence-corrected chi connectivity index (χ2v) is 9.46. The highest BCUT2D eigenvalue weighted by Crippen LogP contribution is 2.41. The number of nitrogens with two attached hydrogens (primary N) is 1. The molecule has 1 aliphatic carbocycles. The highest BCUT2D eigenvalue weighted by molar-refractivity contribution is 7.91. The van der Waals surface area contributed by atoms with E-state index < -0.39 is 9.84 Å². The standard InChI is InChI=1S/C17H28N4O3S.ClH/c18-9-4-2-1-3-5-17(22)19-16-11-15(13-6-7-13)20-21(16)14-8-10-25(23,24)12-14;/h11,13-14H,1-10,12,18H2,(H,19,22);1H. The highest BCUT2D eigenvalue weighted by Gasteiger charge is 2.34. The minimum Gasteiger partial charge on any atom is -0.330 e. The van der Waals surface area contributed by atoms with E-state index in [9.17, 15) is 13.2 Å². The van der Waals surface area contributed by atoms with Crippen molar-refractivity contribution in [2.45, 2.75) is 63.3 Å². The molecule has 1 saturated heterocycles. The van der Waals surface area contributed by atoms with E-state index in [4.69, 9.17) is 5.73 Å². The van der Waals surface area contributed by atoms with E-state index in [1.165, 1.54) is 0 Å². The van der Waals surface area contributed by atoms with Crippen molar-refractivity contribution in [3.63, 3.8) is 0 Å². The molecule has 1 aliphatic heterocycles. The average Bonchev–Trinajstić information content (AvgIpc) is 3.23. The van der Waals surface area contributed by atoms with Crippen LogP contribution in [0.4, 0.5) is 5.82 Å². The van der Waals surface area contributed by atoms with Crippen LogP contribution in [0.15, 0.2) is 6.07 Å². The molecule has 2 fully saturated rings. The number of amides is 1. The van der Waals surface area contributed by atoms with Crippen molar-refractivity contribution in [3.8, 4) is 0 Å². The van der Waals surface area contributed by atoms with Gasteiger partial charge in [-0.1, -0.05) is 12.8 Å². The molecule has 0 bridgehead atoms. The molecule has 148 valence electrons. The predicted molar refractivity (Wildman–Crippen MR) is 105 cm³/mol. The monoisotopic (exact) mass is 404 g/mol. The third-order valence-corrected chi connectivity index (χ3v) is 6.68. The first-order chi connectivity index (χ1) is 12.0. The molecule has 1 aromatic heterocycles. The number of sulfone groups is 1. The van der Waals surface area contributed by atoms with Gasteiger partial charge in [0.2, 0.25) is 5.91 Å². The Hall–Kier alpha value is -1.12. The van der Waals surface area contributed by atoms with Crippen molar-refractivity contribution in [2.75, 3.05) is 23.4 Å². The number of hydrogen-bond donors (Lipinski definition) is 2. The summed E-state index contributed by atoms with van der Waals surface area (Å²) < 4.78 is 25.3. The number of aromatic nitrogens is 2. The maximum Gasteiger partial charge on any atom is 0.225 e. The van der Waals surface area contributed by atoms with E-state index in [1.807, 2.05) is 6.07 Å². The van der Waals surface area contributed by atoms with E-state index in [2.05, 4.69) is 10.4 Å². The van der Waals surface area contributed by atoms with Crippen LogP contribution in [0, 0.1) is 0 Å². The van der Waals surface area contributed by atoms with Gasteiger partial charge in [-0.2, -0.15) is 5.10 Å². The van der Waals surface area contributed by atoms with Crippen molar-refractivity contribution in [1.82, 2.24) is 9.78 Å². The minimum atomic E-state index is -2.99. The molecule has 1 atom stereocenters. The molecule has 7 nitrogen and oxygen atoms in total. The molecule has 3 N–H and O–H groups in total. The Labute approximate surface area is 161 Å². The van der Waals surface area contributed by atoms with Crippen LogP contribution in [-0.2, 0) is 14.6 Å². The summed E-state index contributed by atoms with van der Waals surface area (Å²) in [5.41, 5.74) is 6.44. The molecule has 9 heteroatoms. The Morgan fingerprint density at radius 2 is 1.96 bits per heavy atom. The summed E-state index contributed by atoms with van der Waals surface area (Å²) in [5, 5.41) is 7.57. The smallest absolute Gasteiger partial charge is 0.225 e. The Kier molecular flexibility index (Phi) is 7.49. The molecule has 1 unspecified atom stereocenters. The summed E-state index contributed by atoms with van der Waals surface area (Å²) in [4.78, 5) is 12.2. The second-order valence-electron chi connectivity index (χ2n) is 7.23. The predicted octanol–water partition coefficient (Wildman–Crippen LogP) is 2.39. The first-order valence-electron chi connectivity index (χ1n) is 9.28. The molecule has 0 spiro atoms. The Balaban J connectivity index is 0.00000243. The summed E-state index contributed by atoms with van der Waals surface area (Å²) in [7, 11) is -2.99. The lowest BCUT2D eigenvalue weighted by Gasteiger charge is -2.13. The summed E-state index contributed by atoms with van der Waals surface area (Å²) in [6, 6.07) is 1.76. The molecule has 1 aromatic rings. The molecule has 0 aromatic carbocycles. The third kappa shape index (κ3) is 5.69. The second kappa shape index (κ2) is 9.19. The zero-order valence-electron chi connectivity index (χ0n) is 15.0. The van der Waals surface area contributed by atoms with Crippen molar-refractivity contribution < 1.29 is 13.2 Å². The van der Waals surface area contributed by atoms with Gasteiger partial charge in [-0.25, -0.2) is 13.1 Å². The Morgan fingerprint density at radius 1 is 1.23 bits per heavy atom. The summed E-state index contributed by atoms with van der Waals surface area (Å²) in [5.74, 6) is 1.39. The molecule has 2 aliphatic rings. The first-order valence-corrected chi connectivity index (χ1v) is 11.1. The van der Waals surface area contributed by atoms with Crippen LogP contribution in [0.3, 0.4) is 0 Å². The maximum absolute atomic E-state index is 12.2. The van der Waals surface area contributed by atoms with Crippen LogP contribution >= 0.6 is 12.4 Å². The lowest BCUT2D eigenvalue weighted by molar-refractivity contribution is -0.116. The van der Waals surface area contributed by atoms with Crippen LogP contribution in [0.25, 0.3) is 0 Å². The van der Waals surface area contributed by atoms with Crippen molar-refractivity contribution in [3.05, 3.63) is 11.8 Å². The molecule has 1 amide bonds. The van der Waals surface area contributed by atoms with Gasteiger partial charge in [-0.05, 0) is 38.6 Å². The van der Waals surface area contributed by atoms with Crippen molar-refractivity contribution in [1.29, 1.82) is 0 Å². The van der Waals surface area contributed by atoms with E-state index in [1.54, 1.807) is 4.68 Å². The largest absolute Gasteiger partial charge is 0.330 e. The summed E-state index contributed by atoms with van der Waals surface area (Å²) in [6.45, 7) is 0.694. The molecule has 3 rings (SSSR count). The van der Waals surface area contributed by atoms with E-state index in [-0.39, 0.29) is 35.9 Å². The lowest BCUT2D eigenvalue weighted by Crippen LogP contribution is -2.19. The van der Waals surface area contributed by atoms with Crippen LogP contribution in [0.1, 0.15) is 69.0 Å². The quantitative estimate of drug-likeness (QED) is 0.614. The van der Waals surface area contributed by atoms with Crippen LogP contribution in [0.2, 0.25) is 0 Å². The number of hydrogen-bond acceptors (Lipinski definition) is 5. The fourth-order valence-electron chi connectivity index (χ4n) is 3.32. The number of halogens is 1. The molecular formula is C17H29ClN4O3S. The topological polar surface area (TPSA) is 107 Å². The molecule has 1 saturated carbocycles. The van der Waals surface area contributed by atoms with Crippen LogP contribution in [0.5, 0.6) is 0 Å². The number of anilines is 1. The van der Waals surface area contributed by atoms with E-state index in [0.29, 0.717) is 31.1 Å². The Bertz CT molecular complexity index is 716. The fraction of sp³-hybridized carbons (Fsp3) is 0.765. The van der Waals surface area contributed by atoms with Gasteiger partial charge in [0.15, 0.2) is 9.84 Å². The summed E-state index contributed by atoms with van der Waals surface area (Å²) >= 11 is 0. The number of rotatable bonds is 9. The van der Waals surface area contributed by atoms with Gasteiger partial charge < -0.3 is 11.1 Å². The van der Waals surface area contributed by atoms with Gasteiger partial charge in [0.25, 0.3) is 0 Å². The first kappa shape index (κ1) is 21.2. The summed E-state index contributed by atoms with van der Waals surface area (Å²) in [6.07, 6.45) is 7.16. The number of carbonyl (C=O) groups excluding carboxylic acids is 1. The van der Waals surface area contributed by atoms with E-state index in [0.717, 1.165) is 44.2 Å². The maximum atomic E-state index is 12.2. The molecular weight excluding hydrogens is 376 g/mol. The van der Waals surface area contributed by atoms with Crippen molar-refractivity contribution in [2.24, 2.45) is 5.73 Å². The average molecular weight is 405 g/mol. The van der Waals surface area contributed by atoms with Gasteiger partial charge in [-0.3, -0.25) is 4.79 Å². The van der Waals surface area contributed by atoms with Crippen molar-refractivity contribution >= 4 is 34.0 Å². The molecule has 26 heavy (non-hydrogen) atoms. The number of carbonyl (C=O) groups is 1. The molecule has 2 heterocycles. The van der Waals surface area contributed by atoms with Gasteiger partial charge in [-0.15, -0.1) is 12.4 Å².